The zero-order valence-corrected chi connectivity index (χ0v) is 12.1. The fourth-order valence-corrected chi connectivity index (χ4v) is 3.16. The van der Waals surface area contributed by atoms with E-state index in [1.807, 2.05) is 0 Å². The van der Waals surface area contributed by atoms with Gasteiger partial charge in [-0.15, -0.1) is 0 Å². The summed E-state index contributed by atoms with van der Waals surface area (Å²) < 4.78 is 0. The van der Waals surface area contributed by atoms with E-state index in [9.17, 15) is 5.11 Å². The summed E-state index contributed by atoms with van der Waals surface area (Å²) in [6.45, 7) is 2.13. The molecule has 2 fully saturated rings. The standard InChI is InChI=1S/C13H23N7O/c14-19-12-16-11(15-10-5-3-4-9(10)8-21)17-13(18-12)20-6-1-2-7-20/h9-10,21H,1-8,14H2,(H2,15,16,17,18,19). The predicted molar refractivity (Wildman–Crippen MR) is 80.9 cm³/mol. The number of nitrogens with one attached hydrogen (secondary N) is 2. The van der Waals surface area contributed by atoms with Crippen LogP contribution in [0.5, 0.6) is 0 Å². The van der Waals surface area contributed by atoms with Crippen LogP contribution in [0, 0.1) is 5.92 Å². The van der Waals surface area contributed by atoms with Gasteiger partial charge in [0.15, 0.2) is 0 Å². The van der Waals surface area contributed by atoms with Crippen molar-refractivity contribution in [3.8, 4) is 0 Å². The topological polar surface area (TPSA) is 112 Å². The Bertz CT molecular complexity index is 478. The van der Waals surface area contributed by atoms with Crippen molar-refractivity contribution in [3.63, 3.8) is 0 Å². The van der Waals surface area contributed by atoms with Gasteiger partial charge in [0, 0.05) is 31.7 Å². The Kier molecular flexibility index (Phi) is 4.35. The van der Waals surface area contributed by atoms with Gasteiger partial charge in [0.25, 0.3) is 0 Å². The summed E-state index contributed by atoms with van der Waals surface area (Å²) in [6.07, 6.45) is 5.51. The first-order valence-corrected chi connectivity index (χ1v) is 7.65. The number of nitrogens with zero attached hydrogens (tertiary/aromatic N) is 4. The predicted octanol–water partition coefficient (Wildman–Crippen LogP) is 0.330. The lowest BCUT2D eigenvalue weighted by atomic mass is 10.1. The fourth-order valence-electron chi connectivity index (χ4n) is 3.16. The summed E-state index contributed by atoms with van der Waals surface area (Å²) in [6, 6.07) is 0.217. The Morgan fingerprint density at radius 1 is 1.10 bits per heavy atom. The second-order valence-corrected chi connectivity index (χ2v) is 5.75. The van der Waals surface area contributed by atoms with Gasteiger partial charge in [-0.3, -0.25) is 5.43 Å². The molecule has 2 unspecified atom stereocenters. The average molecular weight is 293 g/mol. The van der Waals surface area contributed by atoms with Gasteiger partial charge < -0.3 is 15.3 Å². The van der Waals surface area contributed by atoms with Crippen molar-refractivity contribution in [1.29, 1.82) is 0 Å². The van der Waals surface area contributed by atoms with Crippen LogP contribution in [0.1, 0.15) is 32.1 Å². The fraction of sp³-hybridized carbons (Fsp3) is 0.769. The van der Waals surface area contributed by atoms with Crippen LogP contribution in [0.3, 0.4) is 0 Å². The summed E-state index contributed by atoms with van der Waals surface area (Å²) in [5.41, 5.74) is 2.50. The third kappa shape index (κ3) is 3.16. The van der Waals surface area contributed by atoms with E-state index in [1.165, 1.54) is 0 Å². The molecule has 2 heterocycles. The number of nitrogens with two attached hydrogens (primary N) is 1. The smallest absolute Gasteiger partial charge is 0.243 e. The minimum absolute atomic E-state index is 0.198. The van der Waals surface area contributed by atoms with Gasteiger partial charge in [0.05, 0.1) is 0 Å². The van der Waals surface area contributed by atoms with Crippen molar-refractivity contribution in [2.75, 3.05) is 35.3 Å². The number of aromatic nitrogens is 3. The summed E-state index contributed by atoms with van der Waals surface area (Å²) >= 11 is 0. The van der Waals surface area contributed by atoms with Gasteiger partial charge in [0.1, 0.15) is 0 Å². The molecule has 116 valence electrons. The zero-order valence-electron chi connectivity index (χ0n) is 12.1. The molecule has 0 aromatic carbocycles. The number of hydrogen-bond acceptors (Lipinski definition) is 8. The highest BCUT2D eigenvalue weighted by Crippen LogP contribution is 2.28. The molecule has 0 amide bonds. The second kappa shape index (κ2) is 6.40. The quantitative estimate of drug-likeness (QED) is 0.454. The van der Waals surface area contributed by atoms with Crippen LogP contribution in [0.15, 0.2) is 0 Å². The molecular formula is C13H23N7O. The first-order chi connectivity index (χ1) is 10.3. The van der Waals surface area contributed by atoms with E-state index >= 15 is 0 Å². The molecule has 0 spiro atoms. The number of nitrogen functional groups attached to an aromatic ring is 1. The number of rotatable bonds is 5. The zero-order chi connectivity index (χ0) is 14.7. The maximum absolute atomic E-state index is 9.41. The lowest BCUT2D eigenvalue weighted by Gasteiger charge is -2.21. The SMILES string of the molecule is NNc1nc(NC2CCCC2CO)nc(N2CCCC2)n1. The van der Waals surface area contributed by atoms with Gasteiger partial charge in [-0.1, -0.05) is 6.42 Å². The van der Waals surface area contributed by atoms with Gasteiger partial charge >= 0.3 is 0 Å². The van der Waals surface area contributed by atoms with Crippen LogP contribution in [-0.2, 0) is 0 Å². The molecule has 1 aliphatic carbocycles. The molecule has 8 nitrogen and oxygen atoms in total. The monoisotopic (exact) mass is 293 g/mol. The van der Waals surface area contributed by atoms with Crippen LogP contribution in [-0.4, -0.2) is 45.8 Å². The maximum Gasteiger partial charge on any atom is 0.243 e. The Labute approximate surface area is 124 Å². The number of aliphatic hydroxyl groups excluding tert-OH is 1. The van der Waals surface area contributed by atoms with Gasteiger partial charge in [0.2, 0.25) is 17.8 Å². The van der Waals surface area contributed by atoms with Crippen molar-refractivity contribution in [1.82, 2.24) is 15.0 Å². The third-order valence-corrected chi connectivity index (χ3v) is 4.35. The number of anilines is 3. The summed E-state index contributed by atoms with van der Waals surface area (Å²) in [4.78, 5) is 15.3. The van der Waals surface area contributed by atoms with E-state index in [4.69, 9.17) is 5.84 Å². The Morgan fingerprint density at radius 2 is 1.86 bits per heavy atom. The molecule has 2 atom stereocenters. The van der Waals surface area contributed by atoms with Crippen molar-refractivity contribution in [3.05, 3.63) is 0 Å². The molecule has 1 aromatic rings. The van der Waals surface area contributed by atoms with Gasteiger partial charge in [-0.2, -0.15) is 15.0 Å². The molecule has 2 aliphatic rings. The molecule has 1 saturated carbocycles. The van der Waals surface area contributed by atoms with E-state index in [2.05, 4.69) is 30.6 Å². The Hall–Kier alpha value is -1.67. The molecule has 1 aliphatic heterocycles. The number of hydrogen-bond donors (Lipinski definition) is 4. The van der Waals surface area contributed by atoms with E-state index in [0.29, 0.717) is 17.8 Å². The molecule has 21 heavy (non-hydrogen) atoms. The highest BCUT2D eigenvalue weighted by atomic mass is 16.3. The molecule has 5 N–H and O–H groups in total. The molecule has 0 radical (unpaired) electrons. The highest BCUT2D eigenvalue weighted by Gasteiger charge is 2.27. The molecular weight excluding hydrogens is 270 g/mol. The molecule has 1 saturated heterocycles. The summed E-state index contributed by atoms with van der Waals surface area (Å²) in [5.74, 6) is 7.29. The van der Waals surface area contributed by atoms with Crippen molar-refractivity contribution in [2.24, 2.45) is 11.8 Å². The van der Waals surface area contributed by atoms with Gasteiger partial charge in [-0.05, 0) is 25.7 Å². The normalized spacial score (nSPS) is 25.3. The average Bonchev–Trinajstić information content (AvgIpc) is 3.18. The van der Waals surface area contributed by atoms with Crippen LogP contribution < -0.4 is 21.5 Å². The van der Waals surface area contributed by atoms with Crippen LogP contribution >= 0.6 is 0 Å². The lowest BCUT2D eigenvalue weighted by Crippen LogP contribution is -2.29. The first kappa shape index (κ1) is 14.3. The third-order valence-electron chi connectivity index (χ3n) is 4.35. The van der Waals surface area contributed by atoms with E-state index < -0.39 is 0 Å². The number of hydrazine groups is 1. The summed E-state index contributed by atoms with van der Waals surface area (Å²) in [7, 11) is 0. The van der Waals surface area contributed by atoms with E-state index in [1.54, 1.807) is 0 Å². The van der Waals surface area contributed by atoms with Crippen molar-refractivity contribution >= 4 is 17.8 Å². The van der Waals surface area contributed by atoms with Crippen molar-refractivity contribution in [2.45, 2.75) is 38.1 Å². The first-order valence-electron chi connectivity index (χ1n) is 7.65. The van der Waals surface area contributed by atoms with Crippen LogP contribution in [0.4, 0.5) is 17.8 Å². The van der Waals surface area contributed by atoms with Gasteiger partial charge in [-0.25, -0.2) is 5.84 Å². The minimum Gasteiger partial charge on any atom is -0.396 e. The Morgan fingerprint density at radius 3 is 2.57 bits per heavy atom. The Balaban J connectivity index is 1.78. The maximum atomic E-state index is 9.41. The van der Waals surface area contributed by atoms with Crippen LogP contribution in [0.25, 0.3) is 0 Å². The molecule has 3 rings (SSSR count). The molecule has 0 bridgehead atoms. The van der Waals surface area contributed by atoms with E-state index in [-0.39, 0.29) is 18.6 Å². The molecule has 8 heteroatoms. The largest absolute Gasteiger partial charge is 0.396 e. The summed E-state index contributed by atoms with van der Waals surface area (Å²) in [5, 5.41) is 12.7. The van der Waals surface area contributed by atoms with Crippen LogP contribution in [0.2, 0.25) is 0 Å². The molecule has 1 aromatic heterocycles. The van der Waals surface area contributed by atoms with Crippen molar-refractivity contribution < 1.29 is 5.11 Å². The highest BCUT2D eigenvalue weighted by molar-refractivity contribution is 5.44. The lowest BCUT2D eigenvalue weighted by molar-refractivity contribution is 0.222. The van der Waals surface area contributed by atoms with E-state index in [0.717, 1.165) is 45.2 Å². The number of aliphatic hydroxyl groups is 1. The second-order valence-electron chi connectivity index (χ2n) is 5.75. The minimum atomic E-state index is 0.198.